The summed E-state index contributed by atoms with van der Waals surface area (Å²) >= 11 is 0. The maximum Gasteiger partial charge on any atom is 0.303 e. The zero-order chi connectivity index (χ0) is 24.0. The number of carboxylic acids is 1. The largest absolute Gasteiger partial charge is 0.481 e. The van der Waals surface area contributed by atoms with Gasteiger partial charge in [0.15, 0.2) is 0 Å². The summed E-state index contributed by atoms with van der Waals surface area (Å²) in [6.45, 7) is -0.362. The maximum atomic E-state index is 10.4. The fourth-order valence-corrected chi connectivity index (χ4v) is 3.34. The Morgan fingerprint density at radius 1 is 0.688 bits per heavy atom. The van der Waals surface area contributed by atoms with Gasteiger partial charge in [-0.3, -0.25) is 4.79 Å². The Balaban J connectivity index is 3.37. The molecule has 0 heterocycles. The first kappa shape index (κ1) is 31.0. The number of hydrogen-bond acceptors (Lipinski definition) is 7. The SMILES string of the molecule is O=C(O)CCCCCCCC=CCCCCCCCCOC[C@@H](O)[C@@H](O)[C@H](O)[C@H](O)CO. The van der Waals surface area contributed by atoms with E-state index in [4.69, 9.17) is 14.9 Å². The number of allylic oxidation sites excluding steroid dienone is 2. The predicted molar refractivity (Wildman–Crippen MR) is 123 cm³/mol. The topological polar surface area (TPSA) is 148 Å². The van der Waals surface area contributed by atoms with Gasteiger partial charge in [0.1, 0.15) is 24.4 Å². The van der Waals surface area contributed by atoms with Crippen LogP contribution in [-0.2, 0) is 9.53 Å². The van der Waals surface area contributed by atoms with Gasteiger partial charge in [0, 0.05) is 13.0 Å². The van der Waals surface area contributed by atoms with Crippen molar-refractivity contribution in [2.45, 2.75) is 114 Å². The molecule has 0 aromatic heterocycles. The molecule has 0 aromatic rings. The lowest BCUT2D eigenvalue weighted by atomic mass is 10.0. The molecule has 0 bridgehead atoms. The van der Waals surface area contributed by atoms with Crippen LogP contribution in [0.2, 0.25) is 0 Å². The van der Waals surface area contributed by atoms with Crippen molar-refractivity contribution in [3.63, 3.8) is 0 Å². The highest BCUT2D eigenvalue weighted by molar-refractivity contribution is 5.66. The number of ether oxygens (including phenoxy) is 1. The summed E-state index contributed by atoms with van der Waals surface area (Å²) in [5.41, 5.74) is 0. The lowest BCUT2D eigenvalue weighted by molar-refractivity contribution is -0.137. The summed E-state index contributed by atoms with van der Waals surface area (Å²) in [7, 11) is 0. The van der Waals surface area contributed by atoms with Gasteiger partial charge in [-0.25, -0.2) is 0 Å². The van der Waals surface area contributed by atoms with Crippen molar-refractivity contribution in [1.82, 2.24) is 0 Å². The van der Waals surface area contributed by atoms with Gasteiger partial charge < -0.3 is 35.4 Å². The maximum absolute atomic E-state index is 10.4. The second-order valence-electron chi connectivity index (χ2n) is 8.45. The van der Waals surface area contributed by atoms with Gasteiger partial charge in [-0.15, -0.1) is 0 Å². The highest BCUT2D eigenvalue weighted by atomic mass is 16.5. The normalized spacial score (nSPS) is 15.7. The number of rotatable bonds is 23. The van der Waals surface area contributed by atoms with Crippen molar-refractivity contribution < 1.29 is 40.2 Å². The van der Waals surface area contributed by atoms with Crippen LogP contribution in [0.3, 0.4) is 0 Å². The van der Waals surface area contributed by atoms with Crippen LogP contribution in [0.5, 0.6) is 0 Å². The molecule has 0 radical (unpaired) electrons. The number of aliphatic hydroxyl groups is 5. The molecule has 0 aliphatic rings. The quantitative estimate of drug-likeness (QED) is 0.100. The van der Waals surface area contributed by atoms with Crippen LogP contribution in [0.1, 0.15) is 89.9 Å². The van der Waals surface area contributed by atoms with Crippen LogP contribution in [-0.4, -0.2) is 80.8 Å². The van der Waals surface area contributed by atoms with Crippen LogP contribution < -0.4 is 0 Å². The molecule has 0 saturated carbocycles. The molecule has 0 aromatic carbocycles. The third-order valence-electron chi connectivity index (χ3n) is 5.45. The van der Waals surface area contributed by atoms with Crippen LogP contribution in [0, 0.1) is 0 Å². The Kier molecular flexibility index (Phi) is 21.1. The molecular formula is C24H46O8. The predicted octanol–water partition coefficient (Wildman–Crippen LogP) is 2.54. The van der Waals surface area contributed by atoms with Crippen molar-refractivity contribution in [1.29, 1.82) is 0 Å². The van der Waals surface area contributed by atoms with Crippen molar-refractivity contribution >= 4 is 5.97 Å². The Morgan fingerprint density at radius 3 is 1.69 bits per heavy atom. The molecule has 6 N–H and O–H groups in total. The summed E-state index contributed by atoms with van der Waals surface area (Å²) in [5.74, 6) is -0.702. The van der Waals surface area contributed by atoms with E-state index in [-0.39, 0.29) is 13.0 Å². The van der Waals surface area contributed by atoms with Gasteiger partial charge in [-0.05, 0) is 38.5 Å². The molecule has 0 unspecified atom stereocenters. The number of carbonyl (C=O) groups is 1. The third-order valence-corrected chi connectivity index (χ3v) is 5.45. The summed E-state index contributed by atoms with van der Waals surface area (Å²) in [6, 6.07) is 0. The molecule has 0 saturated heterocycles. The second kappa shape index (κ2) is 21.8. The number of unbranched alkanes of at least 4 members (excludes halogenated alkanes) is 11. The summed E-state index contributed by atoms with van der Waals surface area (Å²) < 4.78 is 5.31. The second-order valence-corrected chi connectivity index (χ2v) is 8.45. The summed E-state index contributed by atoms with van der Waals surface area (Å²) in [6.07, 6.45) is 12.9. The average molecular weight is 463 g/mol. The van der Waals surface area contributed by atoms with E-state index in [0.717, 1.165) is 51.4 Å². The van der Waals surface area contributed by atoms with E-state index in [1.807, 2.05) is 0 Å². The van der Waals surface area contributed by atoms with Crippen molar-refractivity contribution in [3.8, 4) is 0 Å². The van der Waals surface area contributed by atoms with E-state index < -0.39 is 37.0 Å². The summed E-state index contributed by atoms with van der Waals surface area (Å²) in [4.78, 5) is 10.4. The molecular weight excluding hydrogens is 416 g/mol. The molecule has 0 spiro atoms. The molecule has 190 valence electrons. The number of aliphatic hydroxyl groups excluding tert-OH is 5. The molecule has 8 nitrogen and oxygen atoms in total. The smallest absolute Gasteiger partial charge is 0.303 e. The number of hydrogen-bond donors (Lipinski definition) is 6. The average Bonchev–Trinajstić information content (AvgIpc) is 2.78. The van der Waals surface area contributed by atoms with E-state index in [1.165, 1.54) is 32.1 Å². The highest BCUT2D eigenvalue weighted by Crippen LogP contribution is 2.11. The van der Waals surface area contributed by atoms with E-state index in [2.05, 4.69) is 12.2 Å². The Hall–Kier alpha value is -1.03. The van der Waals surface area contributed by atoms with Gasteiger partial charge in [-0.2, -0.15) is 0 Å². The molecule has 0 rings (SSSR count). The van der Waals surface area contributed by atoms with Gasteiger partial charge in [0.25, 0.3) is 0 Å². The minimum absolute atomic E-state index is 0.132. The van der Waals surface area contributed by atoms with Crippen LogP contribution in [0.25, 0.3) is 0 Å². The molecule has 0 aliphatic carbocycles. The molecule has 0 amide bonds. The molecule has 32 heavy (non-hydrogen) atoms. The van der Waals surface area contributed by atoms with E-state index in [9.17, 15) is 25.2 Å². The fourth-order valence-electron chi connectivity index (χ4n) is 3.34. The van der Waals surface area contributed by atoms with Crippen molar-refractivity contribution in [2.24, 2.45) is 0 Å². The van der Waals surface area contributed by atoms with Gasteiger partial charge in [0.2, 0.25) is 0 Å². The summed E-state index contributed by atoms with van der Waals surface area (Å²) in [5, 5.41) is 55.5. The zero-order valence-electron chi connectivity index (χ0n) is 19.5. The molecule has 4 atom stereocenters. The lowest BCUT2D eigenvalue weighted by Gasteiger charge is -2.25. The van der Waals surface area contributed by atoms with Crippen LogP contribution >= 0.6 is 0 Å². The zero-order valence-corrected chi connectivity index (χ0v) is 19.5. The number of carboxylic acid groups (broad SMARTS) is 1. The Bertz CT molecular complexity index is 457. The van der Waals surface area contributed by atoms with Crippen molar-refractivity contribution in [3.05, 3.63) is 12.2 Å². The van der Waals surface area contributed by atoms with E-state index in [0.29, 0.717) is 6.61 Å². The monoisotopic (exact) mass is 462 g/mol. The molecule has 0 aliphatic heterocycles. The lowest BCUT2D eigenvalue weighted by Crippen LogP contribution is -2.47. The first-order chi connectivity index (χ1) is 15.4. The van der Waals surface area contributed by atoms with E-state index in [1.54, 1.807) is 0 Å². The van der Waals surface area contributed by atoms with Gasteiger partial charge in [-0.1, -0.05) is 57.1 Å². The first-order valence-corrected chi connectivity index (χ1v) is 12.2. The molecule has 0 fully saturated rings. The Labute approximate surface area is 192 Å². The first-order valence-electron chi connectivity index (χ1n) is 12.2. The minimum Gasteiger partial charge on any atom is -0.481 e. The van der Waals surface area contributed by atoms with Crippen LogP contribution in [0.15, 0.2) is 12.2 Å². The molecule has 8 heteroatoms. The highest BCUT2D eigenvalue weighted by Gasteiger charge is 2.29. The minimum atomic E-state index is -1.62. The van der Waals surface area contributed by atoms with Crippen molar-refractivity contribution in [2.75, 3.05) is 19.8 Å². The van der Waals surface area contributed by atoms with Gasteiger partial charge >= 0.3 is 5.97 Å². The Morgan fingerprint density at radius 2 is 1.16 bits per heavy atom. The third kappa shape index (κ3) is 18.5. The van der Waals surface area contributed by atoms with E-state index >= 15 is 0 Å². The van der Waals surface area contributed by atoms with Gasteiger partial charge in [0.05, 0.1) is 13.2 Å². The number of aliphatic carboxylic acids is 1. The van der Waals surface area contributed by atoms with Crippen LogP contribution in [0.4, 0.5) is 0 Å². The standard InChI is InChI=1S/C24H46O8/c25-18-20(26)23(30)24(31)21(27)19-32-17-15-13-11-9-7-5-3-1-2-4-6-8-10-12-14-16-22(28)29/h1-2,20-21,23-27,30-31H,3-19H2,(H,28,29)/t20-,21-,23-,24-/m1/s1. The fraction of sp³-hybridized carbons (Fsp3) is 0.875.